The van der Waals surface area contributed by atoms with Gasteiger partial charge in [0.15, 0.2) is 10.8 Å². The smallest absolute Gasteiger partial charge is 0.162 e. The molecule has 2 aromatic heterocycles. The molecule has 0 saturated carbocycles. The van der Waals surface area contributed by atoms with E-state index in [0.29, 0.717) is 5.41 Å². The molecular formula is C16H21N3OS. The number of rotatable bonds is 3. The molecule has 5 heteroatoms. The van der Waals surface area contributed by atoms with E-state index in [1.807, 2.05) is 12.1 Å². The Morgan fingerprint density at radius 3 is 3.05 bits per heavy atom. The number of piperidine rings is 1. The molecule has 4 heterocycles. The summed E-state index contributed by atoms with van der Waals surface area (Å²) in [5, 5.41) is 6.64. The highest BCUT2D eigenvalue weighted by atomic mass is 32.1. The predicted molar refractivity (Wildman–Crippen MR) is 84.2 cm³/mol. The summed E-state index contributed by atoms with van der Waals surface area (Å²) in [6.07, 6.45) is 5.72. The Morgan fingerprint density at radius 1 is 1.33 bits per heavy atom. The van der Waals surface area contributed by atoms with E-state index in [2.05, 4.69) is 15.6 Å². The number of thiazole rings is 1. The van der Waals surface area contributed by atoms with Crippen molar-refractivity contribution in [1.29, 1.82) is 0 Å². The van der Waals surface area contributed by atoms with E-state index in [9.17, 15) is 0 Å². The lowest BCUT2D eigenvalue weighted by Crippen LogP contribution is -2.38. The van der Waals surface area contributed by atoms with E-state index in [0.717, 1.165) is 17.3 Å². The van der Waals surface area contributed by atoms with Crippen molar-refractivity contribution >= 4 is 11.3 Å². The summed E-state index contributed by atoms with van der Waals surface area (Å²) in [6, 6.07) is 3.89. The molecule has 0 bridgehead atoms. The molecule has 0 aliphatic carbocycles. The first kappa shape index (κ1) is 13.5. The van der Waals surface area contributed by atoms with Gasteiger partial charge < -0.3 is 9.73 Å². The van der Waals surface area contributed by atoms with Crippen molar-refractivity contribution in [3.05, 3.63) is 29.5 Å². The molecular weight excluding hydrogens is 282 g/mol. The van der Waals surface area contributed by atoms with Crippen LogP contribution in [0.2, 0.25) is 0 Å². The summed E-state index contributed by atoms with van der Waals surface area (Å²) in [5.74, 6) is 0.877. The number of furan rings is 1. The van der Waals surface area contributed by atoms with Crippen LogP contribution in [0, 0.1) is 5.41 Å². The van der Waals surface area contributed by atoms with Gasteiger partial charge in [-0.05, 0) is 56.4 Å². The lowest BCUT2D eigenvalue weighted by Gasteiger charge is -2.33. The molecule has 21 heavy (non-hydrogen) atoms. The Morgan fingerprint density at radius 2 is 2.24 bits per heavy atom. The normalized spacial score (nSPS) is 22.1. The van der Waals surface area contributed by atoms with Crippen molar-refractivity contribution in [2.75, 3.05) is 26.2 Å². The fourth-order valence-electron chi connectivity index (χ4n) is 3.65. The Kier molecular flexibility index (Phi) is 3.57. The van der Waals surface area contributed by atoms with Crippen LogP contribution in [-0.4, -0.2) is 36.1 Å². The molecule has 4 nitrogen and oxygen atoms in total. The average Bonchev–Trinajstić information content (AvgIpc) is 3.22. The number of hydrogen-bond acceptors (Lipinski definition) is 5. The van der Waals surface area contributed by atoms with E-state index in [4.69, 9.17) is 9.40 Å². The molecule has 0 amide bonds. The van der Waals surface area contributed by atoms with Crippen LogP contribution < -0.4 is 5.32 Å². The van der Waals surface area contributed by atoms with Crippen LogP contribution in [0.25, 0.3) is 10.8 Å². The number of hydrogen-bond donors (Lipinski definition) is 1. The van der Waals surface area contributed by atoms with Gasteiger partial charge in [0, 0.05) is 18.5 Å². The van der Waals surface area contributed by atoms with Crippen LogP contribution in [0.15, 0.2) is 28.2 Å². The zero-order chi connectivity index (χ0) is 14.1. The number of likely N-dealkylation sites (tertiary alicyclic amines) is 1. The van der Waals surface area contributed by atoms with Gasteiger partial charge in [0.05, 0.1) is 12.0 Å². The Bertz CT molecular complexity index is 586. The summed E-state index contributed by atoms with van der Waals surface area (Å²) in [6.45, 7) is 5.81. The number of nitrogens with zero attached hydrogens (tertiary/aromatic N) is 2. The van der Waals surface area contributed by atoms with Crippen LogP contribution in [0.5, 0.6) is 0 Å². The maximum atomic E-state index is 5.42. The van der Waals surface area contributed by atoms with Gasteiger partial charge in [-0.25, -0.2) is 4.98 Å². The molecule has 0 aromatic carbocycles. The maximum absolute atomic E-state index is 5.42. The van der Waals surface area contributed by atoms with Gasteiger partial charge in [-0.2, -0.15) is 0 Å². The van der Waals surface area contributed by atoms with E-state index in [1.165, 1.54) is 51.1 Å². The monoisotopic (exact) mass is 303 g/mol. The summed E-state index contributed by atoms with van der Waals surface area (Å²) >= 11 is 1.68. The van der Waals surface area contributed by atoms with Gasteiger partial charge in [0.25, 0.3) is 0 Å². The fourth-order valence-corrected chi connectivity index (χ4v) is 4.43. The first-order valence-corrected chi connectivity index (χ1v) is 8.62. The highest BCUT2D eigenvalue weighted by Crippen LogP contribution is 2.39. The van der Waals surface area contributed by atoms with Crippen LogP contribution >= 0.6 is 11.3 Å². The van der Waals surface area contributed by atoms with Gasteiger partial charge in [-0.1, -0.05) is 0 Å². The summed E-state index contributed by atoms with van der Waals surface area (Å²) < 4.78 is 5.42. The molecule has 2 aliphatic heterocycles. The molecule has 1 N–H and O–H groups in total. The molecule has 2 aromatic rings. The topological polar surface area (TPSA) is 41.3 Å². The second-order valence-electron chi connectivity index (χ2n) is 6.33. The second-order valence-corrected chi connectivity index (χ2v) is 7.19. The Labute approximate surface area is 129 Å². The third kappa shape index (κ3) is 2.78. The van der Waals surface area contributed by atoms with Crippen LogP contribution in [-0.2, 0) is 6.54 Å². The minimum absolute atomic E-state index is 0.575. The molecule has 2 saturated heterocycles. The van der Waals surface area contributed by atoms with Crippen molar-refractivity contribution in [1.82, 2.24) is 15.2 Å². The van der Waals surface area contributed by atoms with E-state index < -0.39 is 0 Å². The van der Waals surface area contributed by atoms with Crippen LogP contribution in [0.1, 0.15) is 25.0 Å². The van der Waals surface area contributed by atoms with Gasteiger partial charge in [0.1, 0.15) is 0 Å². The van der Waals surface area contributed by atoms with E-state index in [1.54, 1.807) is 17.6 Å². The summed E-state index contributed by atoms with van der Waals surface area (Å²) in [5.41, 5.74) is 1.75. The number of aromatic nitrogens is 1. The maximum Gasteiger partial charge on any atom is 0.162 e. The quantitative estimate of drug-likeness (QED) is 0.946. The third-order valence-corrected chi connectivity index (χ3v) is 5.76. The molecule has 1 spiro atoms. The summed E-state index contributed by atoms with van der Waals surface area (Å²) in [7, 11) is 0. The molecule has 2 fully saturated rings. The van der Waals surface area contributed by atoms with Crippen molar-refractivity contribution in [3.63, 3.8) is 0 Å². The first-order chi connectivity index (χ1) is 10.3. The molecule has 2 aliphatic rings. The van der Waals surface area contributed by atoms with Gasteiger partial charge >= 0.3 is 0 Å². The van der Waals surface area contributed by atoms with Crippen molar-refractivity contribution in [3.8, 4) is 10.8 Å². The third-order valence-electron chi connectivity index (χ3n) is 4.85. The summed E-state index contributed by atoms with van der Waals surface area (Å²) in [4.78, 5) is 7.30. The predicted octanol–water partition coefficient (Wildman–Crippen LogP) is 2.98. The first-order valence-electron chi connectivity index (χ1n) is 7.74. The highest BCUT2D eigenvalue weighted by molar-refractivity contribution is 7.13. The van der Waals surface area contributed by atoms with Gasteiger partial charge in [0.2, 0.25) is 0 Å². The van der Waals surface area contributed by atoms with E-state index in [-0.39, 0.29) is 0 Å². The van der Waals surface area contributed by atoms with E-state index >= 15 is 0 Å². The highest BCUT2D eigenvalue weighted by Gasteiger charge is 2.38. The molecule has 0 atom stereocenters. The Balaban J connectivity index is 1.41. The zero-order valence-electron chi connectivity index (χ0n) is 12.2. The van der Waals surface area contributed by atoms with Gasteiger partial charge in [-0.3, -0.25) is 4.90 Å². The molecule has 0 radical (unpaired) electrons. The number of nitrogens with one attached hydrogen (secondary N) is 1. The van der Waals surface area contributed by atoms with Crippen molar-refractivity contribution in [2.24, 2.45) is 5.41 Å². The minimum Gasteiger partial charge on any atom is -0.462 e. The zero-order valence-corrected chi connectivity index (χ0v) is 13.0. The standard InChI is InChI=1S/C16H21N3OS/c1-2-14(20-9-1)15-18-13(11-21-15)10-19-8-5-16(12-19)3-6-17-7-4-16/h1-2,9,11,17H,3-8,10,12H2. The molecule has 112 valence electrons. The SMILES string of the molecule is c1coc(-c2nc(CN3CCC4(CCNCC4)C3)cs2)c1. The fraction of sp³-hybridized carbons (Fsp3) is 0.562. The lowest BCUT2D eigenvalue weighted by molar-refractivity contribution is 0.193. The Hall–Kier alpha value is -1.17. The largest absolute Gasteiger partial charge is 0.462 e. The molecule has 0 unspecified atom stereocenters. The van der Waals surface area contributed by atoms with Crippen molar-refractivity contribution < 1.29 is 4.42 Å². The van der Waals surface area contributed by atoms with Gasteiger partial charge in [-0.15, -0.1) is 11.3 Å². The molecule has 4 rings (SSSR count). The minimum atomic E-state index is 0.575. The average molecular weight is 303 g/mol. The van der Waals surface area contributed by atoms with Crippen LogP contribution in [0.3, 0.4) is 0 Å². The second kappa shape index (κ2) is 5.55. The lowest BCUT2D eigenvalue weighted by atomic mass is 9.78. The van der Waals surface area contributed by atoms with Crippen molar-refractivity contribution in [2.45, 2.75) is 25.8 Å². The van der Waals surface area contributed by atoms with Crippen LogP contribution in [0.4, 0.5) is 0 Å².